The van der Waals surface area contributed by atoms with Gasteiger partial charge in [-0.1, -0.05) is 12.1 Å². The molecule has 0 bridgehead atoms. The van der Waals surface area contributed by atoms with Crippen LogP contribution in [0, 0.1) is 7.05 Å². The van der Waals surface area contributed by atoms with Gasteiger partial charge >= 0.3 is 0 Å². The average Bonchev–Trinajstić information content (AvgIpc) is 2.65. The van der Waals surface area contributed by atoms with Gasteiger partial charge in [-0.2, -0.15) is 7.05 Å². The summed E-state index contributed by atoms with van der Waals surface area (Å²) >= 11 is 0. The molecule has 2 unspecified atom stereocenters. The number of hydrogen-bond acceptors (Lipinski definition) is 1. The zero-order valence-corrected chi connectivity index (χ0v) is 9.33. The van der Waals surface area contributed by atoms with Crippen LogP contribution in [0.5, 0.6) is 5.75 Å². The molecule has 2 nitrogen and oxygen atoms in total. The second kappa shape index (κ2) is 4.67. The van der Waals surface area contributed by atoms with E-state index in [9.17, 15) is 0 Å². The van der Waals surface area contributed by atoms with Gasteiger partial charge in [0.15, 0.2) is 0 Å². The standard InChI is InChI=1S/C13H19NO/c1-14-8-4-6-12(14)9-11-5-3-7-13(10-11)15-2/h3,5,7,10,12,14H,1,4,6,8-9H2,2H3. The van der Waals surface area contributed by atoms with Crippen molar-refractivity contribution in [3.63, 3.8) is 0 Å². The lowest BCUT2D eigenvalue weighted by atomic mass is 10.0. The first-order chi connectivity index (χ1) is 7.29. The summed E-state index contributed by atoms with van der Waals surface area (Å²) in [5.41, 5.74) is 1.36. The van der Waals surface area contributed by atoms with E-state index in [1.54, 1.807) is 7.11 Å². The molecule has 2 heteroatoms. The van der Waals surface area contributed by atoms with Gasteiger partial charge in [0, 0.05) is 12.8 Å². The number of nitrogens with one attached hydrogen (secondary N) is 1. The van der Waals surface area contributed by atoms with Crippen LogP contribution in [0.3, 0.4) is 0 Å². The number of benzene rings is 1. The van der Waals surface area contributed by atoms with E-state index in [1.807, 2.05) is 6.07 Å². The van der Waals surface area contributed by atoms with Gasteiger partial charge in [0.1, 0.15) is 5.75 Å². The Morgan fingerprint density at radius 1 is 1.53 bits per heavy atom. The van der Waals surface area contributed by atoms with Crippen molar-refractivity contribution in [1.29, 1.82) is 0 Å². The maximum atomic E-state index is 5.22. The highest BCUT2D eigenvalue weighted by molar-refractivity contribution is 5.28. The molecule has 1 saturated heterocycles. The van der Waals surface area contributed by atoms with Gasteiger partial charge < -0.3 is 9.64 Å². The molecule has 82 valence electrons. The largest absolute Gasteiger partial charge is 0.497 e. The topological polar surface area (TPSA) is 13.7 Å². The normalized spacial score (nSPS) is 25.5. The lowest BCUT2D eigenvalue weighted by Crippen LogP contribution is -3.08. The predicted octanol–water partition coefficient (Wildman–Crippen LogP) is 1.08. The lowest BCUT2D eigenvalue weighted by Gasteiger charge is -2.23. The number of quaternary nitrogens is 1. The van der Waals surface area contributed by atoms with Gasteiger partial charge in [0.2, 0.25) is 0 Å². The van der Waals surface area contributed by atoms with E-state index in [4.69, 9.17) is 4.74 Å². The zero-order valence-electron chi connectivity index (χ0n) is 9.33. The summed E-state index contributed by atoms with van der Waals surface area (Å²) in [7, 11) is 5.86. The third-order valence-electron chi connectivity index (χ3n) is 3.24. The summed E-state index contributed by atoms with van der Waals surface area (Å²) in [4.78, 5) is 1.43. The smallest absolute Gasteiger partial charge is 0.119 e. The molecule has 15 heavy (non-hydrogen) atoms. The number of ether oxygens (including phenoxy) is 1. The fraction of sp³-hybridized carbons (Fsp3) is 0.462. The van der Waals surface area contributed by atoms with Crippen LogP contribution in [0.15, 0.2) is 24.3 Å². The second-order valence-corrected chi connectivity index (χ2v) is 4.30. The first-order valence-electron chi connectivity index (χ1n) is 5.60. The van der Waals surface area contributed by atoms with Crippen LogP contribution < -0.4 is 9.64 Å². The van der Waals surface area contributed by atoms with Gasteiger partial charge in [-0.05, 0) is 24.1 Å². The molecule has 1 N–H and O–H groups in total. The molecule has 0 radical (unpaired) electrons. The monoisotopic (exact) mass is 205 g/mol. The second-order valence-electron chi connectivity index (χ2n) is 4.30. The molecule has 1 aliphatic rings. The van der Waals surface area contributed by atoms with Crippen molar-refractivity contribution in [3.8, 4) is 5.75 Å². The minimum Gasteiger partial charge on any atom is -0.497 e. The first-order valence-corrected chi connectivity index (χ1v) is 5.60. The van der Waals surface area contributed by atoms with Crippen molar-refractivity contribution >= 4 is 0 Å². The maximum Gasteiger partial charge on any atom is 0.119 e. The summed E-state index contributed by atoms with van der Waals surface area (Å²) in [6.45, 7) is 1.22. The summed E-state index contributed by atoms with van der Waals surface area (Å²) in [6, 6.07) is 9.05. The Morgan fingerprint density at radius 3 is 3.07 bits per heavy atom. The zero-order chi connectivity index (χ0) is 10.7. The van der Waals surface area contributed by atoms with E-state index >= 15 is 0 Å². The number of methoxy groups -OCH3 is 1. The van der Waals surface area contributed by atoms with Crippen molar-refractivity contribution in [3.05, 3.63) is 36.9 Å². The molecule has 0 amide bonds. The molecule has 0 spiro atoms. The van der Waals surface area contributed by atoms with Crippen LogP contribution in [0.1, 0.15) is 18.4 Å². The van der Waals surface area contributed by atoms with Crippen molar-refractivity contribution < 1.29 is 9.64 Å². The van der Waals surface area contributed by atoms with E-state index in [-0.39, 0.29) is 0 Å². The van der Waals surface area contributed by atoms with E-state index in [2.05, 4.69) is 25.2 Å². The molecule has 1 fully saturated rings. The van der Waals surface area contributed by atoms with Crippen LogP contribution in [-0.4, -0.2) is 19.7 Å². The Kier molecular flexibility index (Phi) is 3.27. The van der Waals surface area contributed by atoms with Crippen LogP contribution in [0.25, 0.3) is 0 Å². The fourth-order valence-electron chi connectivity index (χ4n) is 2.31. The molecular formula is C13H19NO. The molecule has 1 aliphatic heterocycles. The Labute approximate surface area is 91.9 Å². The maximum absolute atomic E-state index is 5.22. The van der Waals surface area contributed by atoms with Gasteiger partial charge in [-0.25, -0.2) is 0 Å². The third-order valence-corrected chi connectivity index (χ3v) is 3.24. The highest BCUT2D eigenvalue weighted by atomic mass is 16.5. The van der Waals surface area contributed by atoms with Crippen molar-refractivity contribution in [2.45, 2.75) is 25.3 Å². The molecule has 1 aromatic rings. The molecule has 1 aromatic carbocycles. The number of rotatable bonds is 3. The minimum atomic E-state index is 0.692. The van der Waals surface area contributed by atoms with Crippen LogP contribution in [0.2, 0.25) is 0 Å². The first kappa shape index (κ1) is 10.5. The summed E-state index contributed by atoms with van der Waals surface area (Å²) < 4.78 is 5.22. The van der Waals surface area contributed by atoms with E-state index in [0.29, 0.717) is 6.04 Å². The van der Waals surface area contributed by atoms with Gasteiger partial charge in [-0.3, -0.25) is 0 Å². The highest BCUT2D eigenvalue weighted by Gasteiger charge is 2.21. The van der Waals surface area contributed by atoms with Crippen molar-refractivity contribution in [1.82, 2.24) is 0 Å². The van der Waals surface area contributed by atoms with Crippen molar-refractivity contribution in [2.24, 2.45) is 0 Å². The Morgan fingerprint density at radius 2 is 2.40 bits per heavy atom. The highest BCUT2D eigenvalue weighted by Crippen LogP contribution is 2.15. The summed E-state index contributed by atoms with van der Waals surface area (Å²) in [6.07, 6.45) is 3.74. The van der Waals surface area contributed by atoms with Gasteiger partial charge in [-0.15, -0.1) is 0 Å². The average molecular weight is 205 g/mol. The SMILES string of the molecule is [CH2-][NH+]1CCCC1Cc1cccc(OC)c1. The van der Waals surface area contributed by atoms with Crippen LogP contribution >= 0.6 is 0 Å². The molecule has 0 aromatic heterocycles. The number of hydrogen-bond donors (Lipinski definition) is 1. The molecule has 2 rings (SSSR count). The summed E-state index contributed by atoms with van der Waals surface area (Å²) in [5, 5.41) is 0. The Hall–Kier alpha value is -1.02. The third kappa shape index (κ3) is 2.51. The molecule has 2 atom stereocenters. The fourth-order valence-corrected chi connectivity index (χ4v) is 2.31. The van der Waals surface area contributed by atoms with E-state index in [1.165, 1.54) is 29.8 Å². The number of likely N-dealkylation sites (tertiary alicyclic amines) is 1. The lowest BCUT2D eigenvalue weighted by molar-refractivity contribution is -0.866. The van der Waals surface area contributed by atoms with Crippen molar-refractivity contribution in [2.75, 3.05) is 13.7 Å². The molecular weight excluding hydrogens is 186 g/mol. The molecule has 0 aliphatic carbocycles. The van der Waals surface area contributed by atoms with Gasteiger partial charge in [0.05, 0.1) is 19.7 Å². The Balaban J connectivity index is 2.03. The van der Waals surface area contributed by atoms with Crippen LogP contribution in [0.4, 0.5) is 0 Å². The van der Waals surface area contributed by atoms with Crippen LogP contribution in [-0.2, 0) is 6.42 Å². The Bertz CT molecular complexity index is 324. The molecule has 0 saturated carbocycles. The van der Waals surface area contributed by atoms with E-state index in [0.717, 1.165) is 12.2 Å². The minimum absolute atomic E-state index is 0.692. The molecule has 1 heterocycles. The van der Waals surface area contributed by atoms with Gasteiger partial charge in [0.25, 0.3) is 0 Å². The summed E-state index contributed by atoms with van der Waals surface area (Å²) in [5.74, 6) is 0.955. The quantitative estimate of drug-likeness (QED) is 0.729. The van der Waals surface area contributed by atoms with E-state index < -0.39 is 0 Å². The predicted molar refractivity (Wildman–Crippen MR) is 60.9 cm³/mol.